The van der Waals surface area contributed by atoms with Crippen molar-refractivity contribution in [2.24, 2.45) is 15.4 Å². The fourth-order valence-corrected chi connectivity index (χ4v) is 5.02. The molecule has 3 amide bonds. The molecule has 0 spiro atoms. The summed E-state index contributed by atoms with van der Waals surface area (Å²) in [4.78, 5) is 40.9. The van der Waals surface area contributed by atoms with E-state index < -0.39 is 23.9 Å². The maximum absolute atomic E-state index is 13.6. The molecule has 37 heavy (non-hydrogen) atoms. The van der Waals surface area contributed by atoms with Gasteiger partial charge in [0.15, 0.2) is 12.1 Å². The molecule has 6 rings (SSSR count). The summed E-state index contributed by atoms with van der Waals surface area (Å²) in [5.74, 6) is -1.31. The van der Waals surface area contributed by atoms with Crippen molar-refractivity contribution in [3.05, 3.63) is 101 Å². The van der Waals surface area contributed by atoms with Crippen LogP contribution in [0.3, 0.4) is 0 Å². The quantitative estimate of drug-likeness (QED) is 0.482. The summed E-state index contributed by atoms with van der Waals surface area (Å²) in [5, 5.41) is 16.0. The van der Waals surface area contributed by atoms with Crippen molar-refractivity contribution < 1.29 is 14.4 Å². The van der Waals surface area contributed by atoms with Crippen LogP contribution < -0.4 is 4.90 Å². The van der Waals surface area contributed by atoms with Gasteiger partial charge in [0.25, 0.3) is 17.7 Å². The zero-order valence-electron chi connectivity index (χ0n) is 19.5. The predicted octanol–water partition coefficient (Wildman–Crippen LogP) is 4.01. The van der Waals surface area contributed by atoms with Crippen molar-refractivity contribution in [3.63, 3.8) is 0 Å². The van der Waals surface area contributed by atoms with Crippen LogP contribution in [-0.4, -0.2) is 52.1 Å². The smallest absolute Gasteiger partial charge is 0.264 e. The van der Waals surface area contributed by atoms with E-state index in [0.29, 0.717) is 17.1 Å². The number of rotatable bonds is 5. The Bertz CT molecular complexity index is 1430. The Labute approximate surface area is 217 Å². The van der Waals surface area contributed by atoms with Crippen LogP contribution >= 0.6 is 11.6 Å². The number of hydrogen-bond donors (Lipinski definition) is 0. The Morgan fingerprint density at radius 2 is 1.57 bits per heavy atom. The van der Waals surface area contributed by atoms with Crippen LogP contribution in [0.25, 0.3) is 0 Å². The number of benzene rings is 3. The molecular formula is C27H21ClN6O3. The lowest BCUT2D eigenvalue weighted by atomic mass is 9.98. The van der Waals surface area contributed by atoms with E-state index in [-0.39, 0.29) is 18.5 Å². The summed E-state index contributed by atoms with van der Waals surface area (Å²) in [6.45, 7) is -0.243. The molecule has 3 aromatic rings. The zero-order valence-corrected chi connectivity index (χ0v) is 20.3. The third kappa shape index (κ3) is 4.07. The summed E-state index contributed by atoms with van der Waals surface area (Å²) in [6.07, 6.45) is 0.551. The van der Waals surface area contributed by atoms with E-state index in [9.17, 15) is 14.4 Å². The second kappa shape index (κ2) is 9.25. The Morgan fingerprint density at radius 1 is 0.892 bits per heavy atom. The molecule has 0 aliphatic carbocycles. The molecule has 10 heteroatoms. The molecule has 3 aliphatic heterocycles. The van der Waals surface area contributed by atoms with E-state index in [4.69, 9.17) is 11.6 Å². The predicted molar refractivity (Wildman–Crippen MR) is 137 cm³/mol. The van der Waals surface area contributed by atoms with Gasteiger partial charge in [0.05, 0.1) is 17.4 Å². The van der Waals surface area contributed by atoms with Gasteiger partial charge in [-0.3, -0.25) is 19.4 Å². The molecule has 0 aromatic heterocycles. The molecule has 0 unspecified atom stereocenters. The van der Waals surface area contributed by atoms with Gasteiger partial charge < -0.3 is 0 Å². The van der Waals surface area contributed by atoms with Crippen LogP contribution in [0.5, 0.6) is 0 Å². The Hall–Kier alpha value is -4.37. The lowest BCUT2D eigenvalue weighted by Gasteiger charge is -2.25. The molecule has 1 saturated heterocycles. The normalized spacial score (nSPS) is 22.6. The minimum absolute atomic E-state index is 0.243. The van der Waals surface area contributed by atoms with Crippen molar-refractivity contribution >= 4 is 40.7 Å². The molecule has 0 saturated carbocycles. The molecule has 9 nitrogen and oxygen atoms in total. The van der Waals surface area contributed by atoms with Crippen molar-refractivity contribution in [1.29, 1.82) is 0 Å². The number of anilines is 1. The van der Waals surface area contributed by atoms with Crippen molar-refractivity contribution in [2.45, 2.75) is 24.5 Å². The molecule has 3 heterocycles. The van der Waals surface area contributed by atoms with Crippen LogP contribution in [-0.2, 0) is 14.4 Å². The van der Waals surface area contributed by atoms with Gasteiger partial charge in [0.1, 0.15) is 6.54 Å². The van der Waals surface area contributed by atoms with E-state index >= 15 is 0 Å². The molecule has 3 atom stereocenters. The standard InChI is InChI=1S/C27H21ClN6O3/c28-19-11-13-20(14-12-19)33-26(36)24-25(27(33)37)32(31-29-24)16-23(35)34-22(18-9-5-2-6-10-18)15-21(30-34)17-7-3-1-4-8-17/h1-14,22,24-25H,15-16H2/t22-,24+,25-/m1/s1. The molecule has 1 fully saturated rings. The van der Waals surface area contributed by atoms with E-state index in [1.807, 2.05) is 60.7 Å². The fraction of sp³-hybridized carbons (Fsp3) is 0.185. The second-order valence-corrected chi connectivity index (χ2v) is 9.40. The molecular weight excluding hydrogens is 492 g/mol. The number of halogens is 1. The van der Waals surface area contributed by atoms with Crippen LogP contribution in [0.2, 0.25) is 5.02 Å². The monoisotopic (exact) mass is 512 g/mol. The minimum Gasteiger partial charge on any atom is -0.271 e. The first kappa shape index (κ1) is 23.1. The van der Waals surface area contributed by atoms with Gasteiger partial charge in [0, 0.05) is 11.4 Å². The number of nitrogens with zero attached hydrogens (tertiary/aromatic N) is 6. The molecule has 0 N–H and O–H groups in total. The topological polar surface area (TPSA) is 98.0 Å². The average Bonchev–Trinajstić information content (AvgIpc) is 3.61. The first-order chi connectivity index (χ1) is 18.0. The van der Waals surface area contributed by atoms with Gasteiger partial charge >= 0.3 is 0 Å². The number of imide groups is 1. The highest BCUT2D eigenvalue weighted by Crippen LogP contribution is 2.35. The highest BCUT2D eigenvalue weighted by Gasteiger charge is 2.55. The number of carbonyl (C=O) groups excluding carboxylic acids is 3. The van der Waals surface area contributed by atoms with E-state index in [2.05, 4.69) is 15.4 Å². The number of fused-ring (bicyclic) bond motifs is 1. The van der Waals surface area contributed by atoms with Gasteiger partial charge in [-0.1, -0.05) is 77.5 Å². The maximum atomic E-state index is 13.6. The highest BCUT2D eigenvalue weighted by atomic mass is 35.5. The van der Waals surface area contributed by atoms with Crippen molar-refractivity contribution in [3.8, 4) is 0 Å². The lowest BCUT2D eigenvalue weighted by Crippen LogP contribution is -2.44. The first-order valence-electron chi connectivity index (χ1n) is 11.8. The fourth-order valence-electron chi connectivity index (χ4n) is 4.89. The second-order valence-electron chi connectivity index (χ2n) is 8.96. The molecule has 184 valence electrons. The summed E-state index contributed by atoms with van der Waals surface area (Å²) in [5.41, 5.74) is 3.09. The number of hydrazone groups is 1. The number of hydrogen-bond acceptors (Lipinski definition) is 7. The summed E-state index contributed by atoms with van der Waals surface area (Å²) >= 11 is 5.95. The van der Waals surface area contributed by atoms with Gasteiger partial charge in [-0.2, -0.15) is 10.2 Å². The summed E-state index contributed by atoms with van der Waals surface area (Å²) in [7, 11) is 0. The molecule has 0 bridgehead atoms. The van der Waals surface area contributed by atoms with Gasteiger partial charge in [-0.15, -0.1) is 0 Å². The summed E-state index contributed by atoms with van der Waals surface area (Å²) in [6, 6.07) is 23.5. The molecule has 3 aromatic carbocycles. The van der Waals surface area contributed by atoms with Crippen LogP contribution in [0.1, 0.15) is 23.6 Å². The van der Waals surface area contributed by atoms with E-state index in [1.165, 1.54) is 10.0 Å². The third-order valence-corrected chi connectivity index (χ3v) is 6.95. The average molecular weight is 513 g/mol. The van der Waals surface area contributed by atoms with Gasteiger partial charge in [-0.05, 0) is 35.4 Å². The highest BCUT2D eigenvalue weighted by molar-refractivity contribution is 6.31. The minimum atomic E-state index is -0.997. The Balaban J connectivity index is 1.25. The number of carbonyl (C=O) groups is 3. The van der Waals surface area contributed by atoms with Gasteiger partial charge in [0.2, 0.25) is 0 Å². The Morgan fingerprint density at radius 3 is 2.27 bits per heavy atom. The third-order valence-electron chi connectivity index (χ3n) is 6.70. The molecule has 3 aliphatic rings. The Kier molecular flexibility index (Phi) is 5.77. The van der Waals surface area contributed by atoms with E-state index in [0.717, 1.165) is 21.7 Å². The lowest BCUT2D eigenvalue weighted by molar-refractivity contribution is -0.135. The largest absolute Gasteiger partial charge is 0.271 e. The van der Waals surface area contributed by atoms with Crippen LogP contribution in [0, 0.1) is 0 Å². The van der Waals surface area contributed by atoms with Crippen LogP contribution in [0.4, 0.5) is 5.69 Å². The maximum Gasteiger partial charge on any atom is 0.264 e. The van der Waals surface area contributed by atoms with E-state index in [1.54, 1.807) is 24.3 Å². The summed E-state index contributed by atoms with van der Waals surface area (Å²) < 4.78 is 0. The SMILES string of the molecule is O=C1[C@H]2N=NN(CC(=O)N3N=C(c4ccccc4)C[C@@H]3c3ccccc3)[C@H]2C(=O)N1c1ccc(Cl)cc1. The number of amides is 3. The van der Waals surface area contributed by atoms with Gasteiger partial charge in [-0.25, -0.2) is 9.91 Å². The first-order valence-corrected chi connectivity index (χ1v) is 12.2. The molecule has 0 radical (unpaired) electrons. The van der Waals surface area contributed by atoms with Crippen molar-refractivity contribution in [1.82, 2.24) is 10.0 Å². The van der Waals surface area contributed by atoms with Crippen LogP contribution in [0.15, 0.2) is 100 Å². The van der Waals surface area contributed by atoms with Crippen molar-refractivity contribution in [2.75, 3.05) is 11.4 Å². The zero-order chi connectivity index (χ0) is 25.5.